The van der Waals surface area contributed by atoms with E-state index in [9.17, 15) is 4.79 Å². The molecule has 0 unspecified atom stereocenters. The second-order valence-electron chi connectivity index (χ2n) is 2.57. The van der Waals surface area contributed by atoms with Crippen LogP contribution in [0.25, 0.3) is 0 Å². The molecule has 0 aliphatic heterocycles. The van der Waals surface area contributed by atoms with E-state index in [4.69, 9.17) is 14.9 Å². The highest BCUT2D eigenvalue weighted by molar-refractivity contribution is 6.35. The molecule has 0 radical (unpaired) electrons. The number of Topliss-reactive ketones (excluding diaryl/α,β-unsaturated/α-hetero) is 1. The van der Waals surface area contributed by atoms with Gasteiger partial charge in [0, 0.05) is 6.07 Å². The van der Waals surface area contributed by atoms with Gasteiger partial charge in [0.1, 0.15) is 11.5 Å². The van der Waals surface area contributed by atoms with Crippen molar-refractivity contribution in [1.82, 2.24) is 0 Å². The number of carbonyl (C=O) groups excluding carboxylic acids is 1. The number of benzene rings is 1. The molecule has 0 heterocycles. The lowest BCUT2D eigenvalue weighted by atomic mass is 10.1. The van der Waals surface area contributed by atoms with E-state index in [0.29, 0.717) is 17.1 Å². The van der Waals surface area contributed by atoms with Gasteiger partial charge in [-0.25, -0.2) is 0 Å². The lowest BCUT2D eigenvalue weighted by molar-refractivity contribution is 0.106. The number of nitrogens with one attached hydrogen (secondary N) is 1. The summed E-state index contributed by atoms with van der Waals surface area (Å²) in [4.78, 5) is 11.2. The van der Waals surface area contributed by atoms with Gasteiger partial charge in [0.25, 0.3) is 0 Å². The highest BCUT2D eigenvalue weighted by atomic mass is 16.5. The van der Waals surface area contributed by atoms with E-state index < -0.39 is 0 Å². The Bertz CT molecular complexity index is 360. The summed E-state index contributed by atoms with van der Waals surface area (Å²) in [6, 6.07) is 4.83. The summed E-state index contributed by atoms with van der Waals surface area (Å²) in [6.45, 7) is 0. The molecule has 1 aromatic carbocycles. The summed E-state index contributed by atoms with van der Waals surface area (Å²) in [5.74, 6) is 0.644. The van der Waals surface area contributed by atoms with E-state index >= 15 is 0 Å². The second-order valence-corrected chi connectivity index (χ2v) is 2.57. The molecule has 4 heteroatoms. The van der Waals surface area contributed by atoms with Crippen LogP contribution in [0.1, 0.15) is 10.4 Å². The van der Waals surface area contributed by atoms with Crippen LogP contribution in [0, 0.1) is 5.41 Å². The summed E-state index contributed by atoms with van der Waals surface area (Å²) < 4.78 is 9.98. The van der Waals surface area contributed by atoms with Gasteiger partial charge in [-0.05, 0) is 12.1 Å². The number of carbonyl (C=O) groups is 1. The quantitative estimate of drug-likeness (QED) is 0.582. The van der Waals surface area contributed by atoms with Gasteiger partial charge in [0.2, 0.25) is 5.78 Å². The first kappa shape index (κ1) is 10.2. The SMILES string of the molecule is COc1ccc(C(=O)C=N)c(OC)c1. The molecule has 1 aromatic rings. The Labute approximate surface area is 82.0 Å². The molecule has 0 saturated carbocycles. The average molecular weight is 193 g/mol. The van der Waals surface area contributed by atoms with Crippen LogP contribution >= 0.6 is 0 Å². The summed E-state index contributed by atoms with van der Waals surface area (Å²) in [6.07, 6.45) is 0.754. The van der Waals surface area contributed by atoms with Gasteiger partial charge in [0.15, 0.2) is 0 Å². The van der Waals surface area contributed by atoms with Crippen LogP contribution in [-0.2, 0) is 0 Å². The number of hydrogen-bond acceptors (Lipinski definition) is 4. The fourth-order valence-electron chi connectivity index (χ4n) is 1.08. The first-order valence-electron chi connectivity index (χ1n) is 3.99. The summed E-state index contributed by atoms with van der Waals surface area (Å²) in [5.41, 5.74) is 0.364. The normalized spacial score (nSPS) is 9.29. The molecule has 0 aliphatic rings. The summed E-state index contributed by atoms with van der Waals surface area (Å²) >= 11 is 0. The second kappa shape index (κ2) is 4.41. The third kappa shape index (κ3) is 1.90. The molecule has 0 atom stereocenters. The van der Waals surface area contributed by atoms with Gasteiger partial charge < -0.3 is 14.9 Å². The first-order valence-corrected chi connectivity index (χ1v) is 3.99. The van der Waals surface area contributed by atoms with Gasteiger partial charge in [-0.15, -0.1) is 0 Å². The largest absolute Gasteiger partial charge is 0.497 e. The summed E-state index contributed by atoms with van der Waals surface area (Å²) in [7, 11) is 3.00. The molecule has 14 heavy (non-hydrogen) atoms. The zero-order chi connectivity index (χ0) is 10.6. The number of ether oxygens (including phenoxy) is 2. The van der Waals surface area contributed by atoms with Crippen molar-refractivity contribution in [2.45, 2.75) is 0 Å². The minimum Gasteiger partial charge on any atom is -0.497 e. The Kier molecular flexibility index (Phi) is 3.23. The molecule has 4 nitrogen and oxygen atoms in total. The zero-order valence-corrected chi connectivity index (χ0v) is 8.03. The maximum absolute atomic E-state index is 11.2. The van der Waals surface area contributed by atoms with Crippen molar-refractivity contribution >= 4 is 12.0 Å². The molecular weight excluding hydrogens is 182 g/mol. The number of methoxy groups -OCH3 is 2. The first-order chi connectivity index (χ1) is 6.72. The Morgan fingerprint density at radius 1 is 1.36 bits per heavy atom. The van der Waals surface area contributed by atoms with Crippen LogP contribution in [0.5, 0.6) is 11.5 Å². The van der Waals surface area contributed by atoms with Gasteiger partial charge in [-0.2, -0.15) is 0 Å². The van der Waals surface area contributed by atoms with E-state index in [1.165, 1.54) is 14.2 Å². The minimum absolute atomic E-state index is 0.364. The third-order valence-corrected chi connectivity index (χ3v) is 1.81. The fourth-order valence-corrected chi connectivity index (χ4v) is 1.08. The van der Waals surface area contributed by atoms with E-state index in [0.717, 1.165) is 6.21 Å². The molecule has 0 saturated heterocycles. The number of ketones is 1. The van der Waals surface area contributed by atoms with E-state index in [2.05, 4.69) is 0 Å². The van der Waals surface area contributed by atoms with Crippen LogP contribution in [0.3, 0.4) is 0 Å². The Hall–Kier alpha value is -1.84. The lowest BCUT2D eigenvalue weighted by Gasteiger charge is -2.07. The van der Waals surface area contributed by atoms with E-state index in [1.807, 2.05) is 0 Å². The molecule has 0 fully saturated rings. The van der Waals surface area contributed by atoms with Crippen LogP contribution < -0.4 is 9.47 Å². The van der Waals surface area contributed by atoms with Gasteiger partial charge >= 0.3 is 0 Å². The Balaban J connectivity index is 3.17. The van der Waals surface area contributed by atoms with Crippen molar-refractivity contribution in [1.29, 1.82) is 5.41 Å². The molecule has 0 aliphatic carbocycles. The molecular formula is C10H11NO3. The number of rotatable bonds is 4. The Morgan fingerprint density at radius 3 is 2.57 bits per heavy atom. The van der Waals surface area contributed by atoms with Crippen molar-refractivity contribution in [2.24, 2.45) is 0 Å². The van der Waals surface area contributed by atoms with Gasteiger partial charge in [-0.1, -0.05) is 0 Å². The average Bonchev–Trinajstić information content (AvgIpc) is 2.27. The number of hydrogen-bond donors (Lipinski definition) is 1. The molecule has 0 aromatic heterocycles. The van der Waals surface area contributed by atoms with E-state index in [-0.39, 0.29) is 5.78 Å². The molecule has 1 N–H and O–H groups in total. The summed E-state index contributed by atoms with van der Waals surface area (Å²) in [5, 5.41) is 6.86. The predicted molar refractivity (Wildman–Crippen MR) is 52.7 cm³/mol. The highest BCUT2D eigenvalue weighted by Gasteiger charge is 2.10. The van der Waals surface area contributed by atoms with Crippen LogP contribution in [0.4, 0.5) is 0 Å². The maximum atomic E-state index is 11.2. The van der Waals surface area contributed by atoms with Crippen molar-refractivity contribution in [3.8, 4) is 11.5 Å². The minimum atomic E-state index is -0.385. The van der Waals surface area contributed by atoms with Crippen molar-refractivity contribution in [3.63, 3.8) is 0 Å². The maximum Gasteiger partial charge on any atom is 0.207 e. The highest BCUT2D eigenvalue weighted by Crippen LogP contribution is 2.24. The predicted octanol–water partition coefficient (Wildman–Crippen LogP) is 1.54. The standard InChI is InChI=1S/C10H11NO3/c1-13-7-3-4-8(9(12)6-11)10(5-7)14-2/h3-6,11H,1-2H3. The van der Waals surface area contributed by atoms with Gasteiger partial charge in [0.05, 0.1) is 26.0 Å². The van der Waals surface area contributed by atoms with Crippen molar-refractivity contribution < 1.29 is 14.3 Å². The van der Waals surface area contributed by atoms with Crippen molar-refractivity contribution in [2.75, 3.05) is 14.2 Å². The molecule has 1 rings (SSSR count). The molecule has 74 valence electrons. The van der Waals surface area contributed by atoms with Crippen molar-refractivity contribution in [3.05, 3.63) is 23.8 Å². The van der Waals surface area contributed by atoms with Crippen LogP contribution in [0.15, 0.2) is 18.2 Å². The molecule has 0 amide bonds. The van der Waals surface area contributed by atoms with Crippen LogP contribution in [0.2, 0.25) is 0 Å². The monoisotopic (exact) mass is 193 g/mol. The topological polar surface area (TPSA) is 59.4 Å². The van der Waals surface area contributed by atoms with E-state index in [1.54, 1.807) is 18.2 Å². The smallest absolute Gasteiger partial charge is 0.207 e. The fraction of sp³-hybridized carbons (Fsp3) is 0.200. The molecule has 0 spiro atoms. The van der Waals surface area contributed by atoms with Gasteiger partial charge in [-0.3, -0.25) is 4.79 Å². The zero-order valence-electron chi connectivity index (χ0n) is 8.03. The molecule has 0 bridgehead atoms. The Morgan fingerprint density at radius 2 is 2.07 bits per heavy atom. The van der Waals surface area contributed by atoms with Crippen LogP contribution in [-0.4, -0.2) is 26.2 Å². The third-order valence-electron chi connectivity index (χ3n) is 1.81. The lowest BCUT2D eigenvalue weighted by Crippen LogP contribution is -2.02.